The highest BCUT2D eigenvalue weighted by atomic mass is 79.9. The molecule has 1 aromatic rings. The number of benzene rings is 1. The van der Waals surface area contributed by atoms with E-state index in [1.807, 2.05) is 6.92 Å². The lowest BCUT2D eigenvalue weighted by molar-refractivity contribution is 0.127. The smallest absolute Gasteiger partial charge is 0.0616 e. The molecule has 0 aliphatic rings. The minimum Gasteiger partial charge on any atom is -0.380 e. The molecule has 0 heterocycles. The maximum atomic E-state index is 5.36. The van der Waals surface area contributed by atoms with Crippen molar-refractivity contribution in [1.82, 2.24) is 5.32 Å². The fourth-order valence-electron chi connectivity index (χ4n) is 1.46. The molecule has 0 aliphatic carbocycles. The first-order valence-electron chi connectivity index (χ1n) is 5.69. The molecule has 1 N–H and O–H groups in total. The fraction of sp³-hybridized carbons (Fsp3) is 0.538. The summed E-state index contributed by atoms with van der Waals surface area (Å²) in [7, 11) is 0. The molecule has 0 aromatic heterocycles. The van der Waals surface area contributed by atoms with Gasteiger partial charge in [0.25, 0.3) is 0 Å². The predicted octanol–water partition coefficient (Wildman–Crippen LogP) is 3.27. The van der Waals surface area contributed by atoms with Gasteiger partial charge in [-0.1, -0.05) is 28.1 Å². The predicted molar refractivity (Wildman–Crippen MR) is 71.7 cm³/mol. The highest BCUT2D eigenvalue weighted by Crippen LogP contribution is 2.16. The lowest BCUT2D eigenvalue weighted by atomic mass is 10.1. The van der Waals surface area contributed by atoms with E-state index in [2.05, 4.69) is 53.3 Å². The number of aryl methyl sites for hydroxylation is 1. The molecular weight excluding hydrogens is 266 g/mol. The van der Waals surface area contributed by atoms with Crippen molar-refractivity contribution in [3.63, 3.8) is 0 Å². The van der Waals surface area contributed by atoms with E-state index >= 15 is 0 Å². The Morgan fingerprint density at radius 2 is 2.19 bits per heavy atom. The first kappa shape index (κ1) is 13.7. The molecule has 1 unspecified atom stereocenters. The highest BCUT2D eigenvalue weighted by molar-refractivity contribution is 9.10. The average molecular weight is 286 g/mol. The molecule has 2 nitrogen and oxygen atoms in total. The van der Waals surface area contributed by atoms with Crippen molar-refractivity contribution < 1.29 is 4.74 Å². The van der Waals surface area contributed by atoms with E-state index in [4.69, 9.17) is 4.74 Å². The zero-order valence-electron chi connectivity index (χ0n) is 10.2. The Balaban J connectivity index is 2.39. The highest BCUT2D eigenvalue weighted by Gasteiger charge is 2.02. The fourth-order valence-corrected chi connectivity index (χ4v) is 1.71. The second kappa shape index (κ2) is 7.05. The van der Waals surface area contributed by atoms with Crippen LogP contribution in [0.25, 0.3) is 0 Å². The first-order chi connectivity index (χ1) is 7.63. The summed E-state index contributed by atoms with van der Waals surface area (Å²) < 4.78 is 6.52. The minimum atomic E-state index is 0.393. The van der Waals surface area contributed by atoms with Crippen LogP contribution < -0.4 is 5.32 Å². The van der Waals surface area contributed by atoms with Crippen LogP contribution in [0.5, 0.6) is 0 Å². The van der Waals surface area contributed by atoms with Crippen molar-refractivity contribution in [3.05, 3.63) is 33.8 Å². The van der Waals surface area contributed by atoms with Gasteiger partial charge in [0.2, 0.25) is 0 Å². The Kier molecular flexibility index (Phi) is 6.03. The van der Waals surface area contributed by atoms with Crippen LogP contribution in [0.15, 0.2) is 22.7 Å². The lowest BCUT2D eigenvalue weighted by Gasteiger charge is -2.14. The summed E-state index contributed by atoms with van der Waals surface area (Å²) in [5.41, 5.74) is 2.58. The number of rotatable bonds is 6. The molecule has 1 atom stereocenters. The van der Waals surface area contributed by atoms with Crippen molar-refractivity contribution in [2.24, 2.45) is 0 Å². The Bertz CT molecular complexity index is 328. The second-order valence-electron chi connectivity index (χ2n) is 4.02. The maximum absolute atomic E-state index is 5.36. The third-order valence-electron chi connectivity index (χ3n) is 2.45. The second-order valence-corrected chi connectivity index (χ2v) is 4.88. The van der Waals surface area contributed by atoms with E-state index in [0.717, 1.165) is 19.8 Å². The lowest BCUT2D eigenvalue weighted by Crippen LogP contribution is -2.30. The summed E-state index contributed by atoms with van der Waals surface area (Å²) in [4.78, 5) is 0. The van der Waals surface area contributed by atoms with Gasteiger partial charge in [-0.3, -0.25) is 0 Å². The molecule has 0 saturated carbocycles. The van der Waals surface area contributed by atoms with E-state index in [1.165, 1.54) is 15.6 Å². The SMILES string of the molecule is CCOCC(C)NCc1ccc(Br)c(C)c1. The van der Waals surface area contributed by atoms with E-state index < -0.39 is 0 Å². The third kappa shape index (κ3) is 4.64. The topological polar surface area (TPSA) is 21.3 Å². The van der Waals surface area contributed by atoms with Crippen molar-refractivity contribution >= 4 is 15.9 Å². The van der Waals surface area contributed by atoms with Gasteiger partial charge in [0, 0.05) is 23.7 Å². The van der Waals surface area contributed by atoms with E-state index in [-0.39, 0.29) is 0 Å². The zero-order chi connectivity index (χ0) is 12.0. The van der Waals surface area contributed by atoms with Crippen LogP contribution in [0.1, 0.15) is 25.0 Å². The molecule has 0 aliphatic heterocycles. The molecule has 0 bridgehead atoms. The van der Waals surface area contributed by atoms with E-state index in [9.17, 15) is 0 Å². The van der Waals surface area contributed by atoms with Gasteiger partial charge in [-0.2, -0.15) is 0 Å². The van der Waals surface area contributed by atoms with Crippen molar-refractivity contribution in [2.45, 2.75) is 33.4 Å². The summed E-state index contributed by atoms with van der Waals surface area (Å²) >= 11 is 3.50. The molecule has 0 radical (unpaired) electrons. The molecule has 0 amide bonds. The van der Waals surface area contributed by atoms with Crippen molar-refractivity contribution in [1.29, 1.82) is 0 Å². The van der Waals surface area contributed by atoms with Gasteiger partial charge >= 0.3 is 0 Å². The Hall–Kier alpha value is -0.380. The molecule has 3 heteroatoms. The average Bonchev–Trinajstić information content (AvgIpc) is 2.28. The summed E-state index contributed by atoms with van der Waals surface area (Å²) in [6.07, 6.45) is 0. The maximum Gasteiger partial charge on any atom is 0.0616 e. The number of hydrogen-bond acceptors (Lipinski definition) is 2. The first-order valence-corrected chi connectivity index (χ1v) is 6.49. The molecule has 0 fully saturated rings. The number of hydrogen-bond donors (Lipinski definition) is 1. The molecule has 16 heavy (non-hydrogen) atoms. The number of ether oxygens (including phenoxy) is 1. The monoisotopic (exact) mass is 285 g/mol. The minimum absolute atomic E-state index is 0.393. The van der Waals surface area contributed by atoms with Gasteiger partial charge in [-0.25, -0.2) is 0 Å². The van der Waals surface area contributed by atoms with Crippen LogP contribution >= 0.6 is 15.9 Å². The summed E-state index contributed by atoms with van der Waals surface area (Å²) in [6.45, 7) is 8.71. The largest absolute Gasteiger partial charge is 0.380 e. The van der Waals surface area contributed by atoms with Crippen LogP contribution in [-0.4, -0.2) is 19.3 Å². The third-order valence-corrected chi connectivity index (χ3v) is 3.34. The van der Waals surface area contributed by atoms with Crippen LogP contribution in [0, 0.1) is 6.92 Å². The van der Waals surface area contributed by atoms with Crippen LogP contribution in [0.4, 0.5) is 0 Å². The van der Waals surface area contributed by atoms with E-state index in [0.29, 0.717) is 6.04 Å². The van der Waals surface area contributed by atoms with E-state index in [1.54, 1.807) is 0 Å². The van der Waals surface area contributed by atoms with Crippen LogP contribution in [0.2, 0.25) is 0 Å². The molecule has 0 saturated heterocycles. The Morgan fingerprint density at radius 3 is 2.81 bits per heavy atom. The van der Waals surface area contributed by atoms with Gasteiger partial charge in [-0.05, 0) is 38.0 Å². The van der Waals surface area contributed by atoms with Gasteiger partial charge in [0.1, 0.15) is 0 Å². The Morgan fingerprint density at radius 1 is 1.44 bits per heavy atom. The van der Waals surface area contributed by atoms with Gasteiger partial charge < -0.3 is 10.1 Å². The quantitative estimate of drug-likeness (QED) is 0.866. The standard InChI is InChI=1S/C13H20BrNO/c1-4-16-9-11(3)15-8-12-5-6-13(14)10(2)7-12/h5-7,11,15H,4,8-9H2,1-3H3. The molecule has 90 valence electrons. The summed E-state index contributed by atoms with van der Waals surface area (Å²) in [5.74, 6) is 0. The molecular formula is C13H20BrNO. The normalized spacial score (nSPS) is 12.8. The Labute approximate surface area is 107 Å². The van der Waals surface area contributed by atoms with Crippen molar-refractivity contribution in [2.75, 3.05) is 13.2 Å². The van der Waals surface area contributed by atoms with Gasteiger partial charge in [0.05, 0.1) is 6.61 Å². The number of nitrogens with one attached hydrogen (secondary N) is 1. The molecule has 1 rings (SSSR count). The molecule has 0 spiro atoms. The van der Waals surface area contributed by atoms with Gasteiger partial charge in [-0.15, -0.1) is 0 Å². The zero-order valence-corrected chi connectivity index (χ0v) is 11.8. The molecule has 1 aromatic carbocycles. The van der Waals surface area contributed by atoms with Gasteiger partial charge in [0.15, 0.2) is 0 Å². The van der Waals surface area contributed by atoms with Crippen molar-refractivity contribution in [3.8, 4) is 0 Å². The summed E-state index contributed by atoms with van der Waals surface area (Å²) in [6, 6.07) is 6.82. The number of halogens is 1. The summed E-state index contributed by atoms with van der Waals surface area (Å²) in [5, 5.41) is 3.44. The van der Waals surface area contributed by atoms with Crippen LogP contribution in [0.3, 0.4) is 0 Å². The van der Waals surface area contributed by atoms with Crippen LogP contribution in [-0.2, 0) is 11.3 Å².